The fraction of sp³-hybridized carbons (Fsp3) is 0.200. The second-order valence-electron chi connectivity index (χ2n) is 4.96. The number of fused-ring (bicyclic) bond motifs is 1. The third-order valence-corrected chi connectivity index (χ3v) is 3.59. The number of H-pyrrole nitrogens is 1. The standard InChI is InChI=1S/C15H17N5.2ClH/c16-15(17)20-19-14-9-11(10-4-2-1-3-5-10)8-13-12(14)6-7-18-13;;/h1-7,11,18H,8-9H2,(H4,16,17,20);2*1H/b19-14+;;. The van der Waals surface area contributed by atoms with Crippen molar-refractivity contribution in [2.45, 2.75) is 18.8 Å². The number of benzene rings is 1. The van der Waals surface area contributed by atoms with Gasteiger partial charge in [0.25, 0.3) is 0 Å². The van der Waals surface area contributed by atoms with E-state index in [4.69, 9.17) is 11.5 Å². The fourth-order valence-electron chi connectivity index (χ4n) is 2.68. The van der Waals surface area contributed by atoms with Crippen LogP contribution in [0.15, 0.2) is 52.8 Å². The molecule has 0 saturated heterocycles. The number of aromatic amines is 1. The van der Waals surface area contributed by atoms with E-state index >= 15 is 0 Å². The maximum Gasteiger partial charge on any atom is 0.211 e. The van der Waals surface area contributed by atoms with Crippen LogP contribution in [0.4, 0.5) is 0 Å². The highest BCUT2D eigenvalue weighted by atomic mass is 35.5. The Bertz CT molecular complexity index is 660. The van der Waals surface area contributed by atoms with Crippen LogP contribution < -0.4 is 11.5 Å². The molecule has 22 heavy (non-hydrogen) atoms. The van der Waals surface area contributed by atoms with Crippen LogP contribution in [-0.2, 0) is 6.42 Å². The van der Waals surface area contributed by atoms with Gasteiger partial charge in [-0.1, -0.05) is 30.3 Å². The van der Waals surface area contributed by atoms with Crippen molar-refractivity contribution in [3.63, 3.8) is 0 Å². The monoisotopic (exact) mass is 339 g/mol. The summed E-state index contributed by atoms with van der Waals surface area (Å²) in [6, 6.07) is 12.5. The van der Waals surface area contributed by atoms with Crippen molar-refractivity contribution in [3.8, 4) is 0 Å². The maximum atomic E-state index is 5.36. The van der Waals surface area contributed by atoms with E-state index in [1.165, 1.54) is 11.3 Å². The average Bonchev–Trinajstić information content (AvgIpc) is 2.94. The van der Waals surface area contributed by atoms with Crippen molar-refractivity contribution in [2.75, 3.05) is 0 Å². The molecule has 1 aliphatic carbocycles. The second kappa shape index (κ2) is 7.87. The number of aromatic nitrogens is 1. The quantitative estimate of drug-likeness (QED) is 0.445. The lowest BCUT2D eigenvalue weighted by Crippen LogP contribution is -2.23. The second-order valence-corrected chi connectivity index (χ2v) is 4.96. The highest BCUT2D eigenvalue weighted by Crippen LogP contribution is 2.32. The summed E-state index contributed by atoms with van der Waals surface area (Å²) in [7, 11) is 0. The summed E-state index contributed by atoms with van der Waals surface area (Å²) in [5, 5.41) is 8.01. The molecule has 0 radical (unpaired) electrons. The lowest BCUT2D eigenvalue weighted by molar-refractivity contribution is 0.684. The number of guanidine groups is 1. The molecule has 5 N–H and O–H groups in total. The van der Waals surface area contributed by atoms with Crippen LogP contribution in [0.25, 0.3) is 0 Å². The molecule has 0 spiro atoms. The zero-order chi connectivity index (χ0) is 13.9. The summed E-state index contributed by atoms with van der Waals surface area (Å²) in [6.45, 7) is 0. The van der Waals surface area contributed by atoms with Gasteiger partial charge >= 0.3 is 0 Å². The van der Waals surface area contributed by atoms with Crippen LogP contribution in [0.5, 0.6) is 0 Å². The summed E-state index contributed by atoms with van der Waals surface area (Å²) in [4.78, 5) is 3.28. The van der Waals surface area contributed by atoms with Crippen molar-refractivity contribution in [2.24, 2.45) is 21.7 Å². The van der Waals surface area contributed by atoms with Crippen LogP contribution in [-0.4, -0.2) is 16.7 Å². The average molecular weight is 340 g/mol. The minimum atomic E-state index is -0.0172. The summed E-state index contributed by atoms with van der Waals surface area (Å²) in [5.74, 6) is 0.381. The Morgan fingerprint density at radius 3 is 2.45 bits per heavy atom. The van der Waals surface area contributed by atoms with Crippen LogP contribution in [0.3, 0.4) is 0 Å². The first-order valence-electron chi connectivity index (χ1n) is 6.61. The minimum absolute atomic E-state index is 0. The fourth-order valence-corrected chi connectivity index (χ4v) is 2.68. The first-order chi connectivity index (χ1) is 9.74. The molecule has 0 aliphatic heterocycles. The number of hydrogen-bond acceptors (Lipinski definition) is 2. The molecule has 0 saturated carbocycles. The largest absolute Gasteiger partial charge is 0.369 e. The molecule has 1 aromatic heterocycles. The molecule has 1 unspecified atom stereocenters. The van der Waals surface area contributed by atoms with Gasteiger partial charge in [-0.25, -0.2) is 0 Å². The van der Waals surface area contributed by atoms with E-state index in [-0.39, 0.29) is 30.8 Å². The molecule has 3 rings (SSSR count). The lowest BCUT2D eigenvalue weighted by atomic mass is 9.82. The van der Waals surface area contributed by atoms with Gasteiger partial charge in [0.15, 0.2) is 0 Å². The lowest BCUT2D eigenvalue weighted by Gasteiger charge is -2.23. The minimum Gasteiger partial charge on any atom is -0.369 e. The van der Waals surface area contributed by atoms with Gasteiger partial charge in [0, 0.05) is 17.5 Å². The number of nitrogens with one attached hydrogen (secondary N) is 1. The van der Waals surface area contributed by atoms with E-state index in [0.717, 1.165) is 24.1 Å². The molecule has 118 valence electrons. The number of nitrogens with zero attached hydrogens (tertiary/aromatic N) is 2. The predicted molar refractivity (Wildman–Crippen MR) is 95.1 cm³/mol. The molecule has 1 aromatic carbocycles. The van der Waals surface area contributed by atoms with Crippen LogP contribution in [0.1, 0.15) is 29.2 Å². The molecular formula is C15H19Cl2N5. The first-order valence-corrected chi connectivity index (χ1v) is 6.61. The Kier molecular flexibility index (Phi) is 6.46. The van der Waals surface area contributed by atoms with Gasteiger partial charge in [0.05, 0.1) is 5.71 Å². The van der Waals surface area contributed by atoms with Gasteiger partial charge in [0.2, 0.25) is 5.96 Å². The van der Waals surface area contributed by atoms with Gasteiger partial charge in [-0.15, -0.1) is 29.9 Å². The third kappa shape index (κ3) is 3.81. The van der Waals surface area contributed by atoms with Crippen molar-refractivity contribution >= 4 is 36.5 Å². The van der Waals surface area contributed by atoms with Gasteiger partial charge in [-0.2, -0.15) is 5.10 Å². The molecule has 0 fully saturated rings. The van der Waals surface area contributed by atoms with Crippen molar-refractivity contribution in [1.29, 1.82) is 0 Å². The van der Waals surface area contributed by atoms with Crippen molar-refractivity contribution < 1.29 is 0 Å². The molecule has 5 nitrogen and oxygen atoms in total. The molecule has 7 heteroatoms. The van der Waals surface area contributed by atoms with Crippen molar-refractivity contribution in [1.82, 2.24) is 4.98 Å². The van der Waals surface area contributed by atoms with Crippen LogP contribution in [0.2, 0.25) is 0 Å². The van der Waals surface area contributed by atoms with Gasteiger partial charge < -0.3 is 16.5 Å². The van der Waals surface area contributed by atoms with Crippen LogP contribution in [0, 0.1) is 0 Å². The van der Waals surface area contributed by atoms with Gasteiger partial charge in [-0.05, 0) is 30.4 Å². The SMILES string of the molecule is Cl.Cl.NC(N)=N/N=C1\CC(c2ccccc2)Cc2[nH]ccc21. The number of rotatable bonds is 2. The summed E-state index contributed by atoms with van der Waals surface area (Å²) in [6.07, 6.45) is 3.75. The number of hydrogen-bond donors (Lipinski definition) is 3. The normalized spacial score (nSPS) is 17.8. The van der Waals surface area contributed by atoms with E-state index in [0.29, 0.717) is 5.92 Å². The predicted octanol–water partition coefficient (Wildman–Crippen LogP) is 2.57. The smallest absolute Gasteiger partial charge is 0.211 e. The molecule has 0 bridgehead atoms. The molecule has 1 heterocycles. The maximum absolute atomic E-state index is 5.36. The molecular weight excluding hydrogens is 321 g/mol. The Balaban J connectivity index is 0.00000121. The first kappa shape index (κ1) is 18.1. The number of nitrogens with two attached hydrogens (primary N) is 2. The summed E-state index contributed by atoms with van der Waals surface area (Å²) >= 11 is 0. The van der Waals surface area contributed by atoms with E-state index < -0.39 is 0 Å². The van der Waals surface area contributed by atoms with E-state index in [1.807, 2.05) is 18.3 Å². The molecule has 0 amide bonds. The van der Waals surface area contributed by atoms with E-state index in [9.17, 15) is 0 Å². The Labute approximate surface area is 141 Å². The topological polar surface area (TPSA) is 92.6 Å². The molecule has 1 atom stereocenters. The summed E-state index contributed by atoms with van der Waals surface area (Å²) in [5.41, 5.74) is 15.3. The zero-order valence-corrected chi connectivity index (χ0v) is 13.5. The van der Waals surface area contributed by atoms with Crippen molar-refractivity contribution in [3.05, 3.63) is 59.4 Å². The number of halogens is 2. The Morgan fingerprint density at radius 2 is 1.77 bits per heavy atom. The Morgan fingerprint density at radius 1 is 1.05 bits per heavy atom. The van der Waals surface area contributed by atoms with E-state index in [2.05, 4.69) is 39.5 Å². The molecule has 1 aliphatic rings. The summed E-state index contributed by atoms with van der Waals surface area (Å²) < 4.78 is 0. The third-order valence-electron chi connectivity index (χ3n) is 3.59. The Hall–Kier alpha value is -1.98. The van der Waals surface area contributed by atoms with Gasteiger partial charge in [0.1, 0.15) is 0 Å². The van der Waals surface area contributed by atoms with Gasteiger partial charge in [-0.3, -0.25) is 0 Å². The molecule has 2 aromatic rings. The highest BCUT2D eigenvalue weighted by molar-refractivity contribution is 6.03. The van der Waals surface area contributed by atoms with Crippen LogP contribution >= 0.6 is 24.8 Å². The highest BCUT2D eigenvalue weighted by Gasteiger charge is 2.25. The van der Waals surface area contributed by atoms with E-state index in [1.54, 1.807) is 0 Å². The zero-order valence-electron chi connectivity index (χ0n) is 11.9.